The summed E-state index contributed by atoms with van der Waals surface area (Å²) in [4.78, 5) is 0. The third-order valence-electron chi connectivity index (χ3n) is 1.68. The van der Waals surface area contributed by atoms with Gasteiger partial charge in [0.05, 0.1) is 13.2 Å². The second-order valence-corrected chi connectivity index (χ2v) is 3.27. The first kappa shape index (κ1) is 9.92. The Bertz CT molecular complexity index is 79.3. The molecule has 0 aromatic rings. The van der Waals surface area contributed by atoms with Crippen LogP contribution < -0.4 is 0 Å². The van der Waals surface area contributed by atoms with Gasteiger partial charge in [-0.25, -0.2) is 5.11 Å². The van der Waals surface area contributed by atoms with Crippen molar-refractivity contribution in [3.63, 3.8) is 0 Å². The highest BCUT2D eigenvalue weighted by molar-refractivity contribution is 4.64. The van der Waals surface area contributed by atoms with Crippen LogP contribution >= 0.6 is 0 Å². The summed E-state index contributed by atoms with van der Waals surface area (Å²) in [5, 5.41) is 9.98. The van der Waals surface area contributed by atoms with Crippen LogP contribution in [0.4, 0.5) is 0 Å². The third-order valence-corrected chi connectivity index (χ3v) is 1.68. The largest absolute Gasteiger partial charge is 0.378 e. The van der Waals surface area contributed by atoms with Gasteiger partial charge >= 0.3 is 0 Å². The van der Waals surface area contributed by atoms with Crippen molar-refractivity contribution in [2.75, 3.05) is 19.8 Å². The van der Waals surface area contributed by atoms with Crippen LogP contribution in [-0.2, 0) is 9.84 Å². The van der Waals surface area contributed by atoms with Crippen molar-refractivity contribution >= 4 is 0 Å². The summed E-state index contributed by atoms with van der Waals surface area (Å²) in [7, 11) is 0. The van der Waals surface area contributed by atoms with Crippen LogP contribution in [0, 0.1) is 5.41 Å². The molecule has 0 amide bonds. The normalized spacial score (nSPS) is 12.0. The summed E-state index contributed by atoms with van der Waals surface area (Å²) in [6, 6.07) is 0. The van der Waals surface area contributed by atoms with E-state index in [-0.39, 0.29) is 12.0 Å². The highest BCUT2D eigenvalue weighted by Crippen LogP contribution is 2.19. The lowest BCUT2D eigenvalue weighted by Gasteiger charge is -2.21. The molecule has 0 aliphatic carbocycles. The molecule has 0 heterocycles. The maximum atomic E-state index is 9.98. The Morgan fingerprint density at radius 1 is 1.40 bits per heavy atom. The zero-order valence-corrected chi connectivity index (χ0v) is 7.14. The van der Waals surface area contributed by atoms with Gasteiger partial charge in [0.25, 0.3) is 0 Å². The van der Waals surface area contributed by atoms with Gasteiger partial charge in [-0.05, 0) is 11.8 Å². The predicted octanol–water partition coefficient (Wildman–Crippen LogP) is 1.87. The fourth-order valence-electron chi connectivity index (χ4n) is 0.509. The molecular formula is C8H17O2. The molecule has 2 heteroatoms. The van der Waals surface area contributed by atoms with Crippen LogP contribution in [0.1, 0.15) is 27.2 Å². The standard InChI is InChI=1S/C8H17O2/c1-4-8(2,3)7-10-6-5-9/h4-7H2,1-3H3. The maximum absolute atomic E-state index is 9.98. The van der Waals surface area contributed by atoms with E-state index in [1.165, 1.54) is 0 Å². The summed E-state index contributed by atoms with van der Waals surface area (Å²) in [6.45, 7) is 7.32. The monoisotopic (exact) mass is 145 g/mol. The fourth-order valence-corrected chi connectivity index (χ4v) is 0.509. The first-order chi connectivity index (χ1) is 4.62. The van der Waals surface area contributed by atoms with E-state index in [2.05, 4.69) is 20.8 Å². The number of hydrogen-bond acceptors (Lipinski definition) is 1. The molecule has 1 radical (unpaired) electrons. The molecule has 0 unspecified atom stereocenters. The van der Waals surface area contributed by atoms with E-state index in [0.29, 0.717) is 13.2 Å². The molecule has 0 rings (SSSR count). The lowest BCUT2D eigenvalue weighted by Crippen LogP contribution is -2.19. The lowest BCUT2D eigenvalue weighted by atomic mass is 9.92. The van der Waals surface area contributed by atoms with E-state index in [1.807, 2.05) is 0 Å². The number of ether oxygens (including phenoxy) is 1. The van der Waals surface area contributed by atoms with Crippen LogP contribution in [0.5, 0.6) is 0 Å². The Hall–Kier alpha value is -0.0800. The summed E-state index contributed by atoms with van der Waals surface area (Å²) >= 11 is 0. The van der Waals surface area contributed by atoms with E-state index in [1.54, 1.807) is 0 Å². The Labute approximate surface area is 63.2 Å². The minimum Gasteiger partial charge on any atom is -0.378 e. The van der Waals surface area contributed by atoms with Crippen molar-refractivity contribution in [2.45, 2.75) is 27.2 Å². The molecule has 0 aromatic carbocycles. The van der Waals surface area contributed by atoms with E-state index >= 15 is 0 Å². The SMILES string of the molecule is CCC(C)(C)COCC[O]. The average molecular weight is 145 g/mol. The molecule has 0 N–H and O–H groups in total. The molecule has 0 aromatic heterocycles. The van der Waals surface area contributed by atoms with Gasteiger partial charge in [-0.1, -0.05) is 20.8 Å². The minimum absolute atomic E-state index is 0.125. The zero-order valence-electron chi connectivity index (χ0n) is 7.14. The molecule has 61 valence electrons. The van der Waals surface area contributed by atoms with E-state index in [4.69, 9.17) is 4.74 Å². The van der Waals surface area contributed by atoms with Crippen molar-refractivity contribution in [3.05, 3.63) is 0 Å². The number of hydrogen-bond donors (Lipinski definition) is 0. The Kier molecular flexibility index (Phi) is 4.65. The van der Waals surface area contributed by atoms with Gasteiger partial charge in [-0.2, -0.15) is 0 Å². The summed E-state index contributed by atoms with van der Waals surface area (Å²) in [5.41, 5.74) is 0.231. The molecule has 10 heavy (non-hydrogen) atoms. The van der Waals surface area contributed by atoms with E-state index in [9.17, 15) is 5.11 Å². The topological polar surface area (TPSA) is 29.1 Å². The van der Waals surface area contributed by atoms with Gasteiger partial charge < -0.3 is 4.74 Å². The Morgan fingerprint density at radius 2 is 2.00 bits per heavy atom. The van der Waals surface area contributed by atoms with E-state index < -0.39 is 0 Å². The van der Waals surface area contributed by atoms with Gasteiger partial charge in [0.15, 0.2) is 0 Å². The molecule has 0 bridgehead atoms. The molecule has 0 spiro atoms. The van der Waals surface area contributed by atoms with Crippen LogP contribution in [-0.4, -0.2) is 19.8 Å². The van der Waals surface area contributed by atoms with Crippen LogP contribution in [0.3, 0.4) is 0 Å². The highest BCUT2D eigenvalue weighted by atomic mass is 16.5. The molecular weight excluding hydrogens is 128 g/mol. The van der Waals surface area contributed by atoms with Crippen LogP contribution in [0.25, 0.3) is 0 Å². The molecule has 0 saturated carbocycles. The molecule has 0 aliphatic rings. The third kappa shape index (κ3) is 4.77. The Balaban J connectivity index is 3.28. The maximum Gasteiger partial charge on any atom is 0.106 e. The predicted molar refractivity (Wildman–Crippen MR) is 40.4 cm³/mol. The smallest absolute Gasteiger partial charge is 0.106 e. The Morgan fingerprint density at radius 3 is 2.40 bits per heavy atom. The summed E-state index contributed by atoms with van der Waals surface area (Å²) in [6.07, 6.45) is 1.09. The van der Waals surface area contributed by atoms with Crippen LogP contribution in [0.15, 0.2) is 0 Å². The fraction of sp³-hybridized carbons (Fsp3) is 1.00. The van der Waals surface area contributed by atoms with Crippen LogP contribution in [0.2, 0.25) is 0 Å². The highest BCUT2D eigenvalue weighted by Gasteiger charge is 2.14. The summed E-state index contributed by atoms with van der Waals surface area (Å²) < 4.78 is 5.13. The van der Waals surface area contributed by atoms with Gasteiger partial charge in [0, 0.05) is 0 Å². The first-order valence-electron chi connectivity index (χ1n) is 3.78. The first-order valence-corrected chi connectivity index (χ1v) is 3.78. The van der Waals surface area contributed by atoms with Gasteiger partial charge in [0.2, 0.25) is 0 Å². The van der Waals surface area contributed by atoms with Gasteiger partial charge in [-0.15, -0.1) is 0 Å². The van der Waals surface area contributed by atoms with Crippen molar-refractivity contribution in [1.29, 1.82) is 0 Å². The van der Waals surface area contributed by atoms with Gasteiger partial charge in [0.1, 0.15) is 6.61 Å². The molecule has 2 nitrogen and oxygen atoms in total. The molecule has 0 saturated heterocycles. The zero-order chi connectivity index (χ0) is 8.04. The summed E-state index contributed by atoms with van der Waals surface area (Å²) in [5.74, 6) is 0. The lowest BCUT2D eigenvalue weighted by molar-refractivity contribution is 0.0218. The quantitative estimate of drug-likeness (QED) is 0.543. The second-order valence-electron chi connectivity index (χ2n) is 3.27. The molecule has 0 fully saturated rings. The van der Waals surface area contributed by atoms with Crippen molar-refractivity contribution in [3.8, 4) is 0 Å². The number of rotatable bonds is 5. The molecule has 0 atom stereocenters. The van der Waals surface area contributed by atoms with Crippen molar-refractivity contribution in [1.82, 2.24) is 0 Å². The second kappa shape index (κ2) is 4.69. The molecule has 0 aliphatic heterocycles. The van der Waals surface area contributed by atoms with E-state index in [0.717, 1.165) is 6.42 Å². The van der Waals surface area contributed by atoms with Crippen molar-refractivity contribution < 1.29 is 9.84 Å². The van der Waals surface area contributed by atoms with Gasteiger partial charge in [-0.3, -0.25) is 0 Å². The average Bonchev–Trinajstić information content (AvgIpc) is 1.89. The van der Waals surface area contributed by atoms with Crippen molar-refractivity contribution in [2.24, 2.45) is 5.41 Å². The minimum atomic E-state index is -0.125.